The Kier molecular flexibility index (Phi) is 5.09. The third kappa shape index (κ3) is 2.97. The van der Waals surface area contributed by atoms with Gasteiger partial charge in [-0.05, 0) is 48.2 Å². The van der Waals surface area contributed by atoms with Gasteiger partial charge in [0.15, 0.2) is 0 Å². The number of allylic oxidation sites excluding steroid dienone is 4. The third-order valence-corrected chi connectivity index (χ3v) is 4.86. The molecule has 0 saturated heterocycles. The van der Waals surface area contributed by atoms with Crippen LogP contribution in [0.4, 0.5) is 0 Å². The fourth-order valence-corrected chi connectivity index (χ4v) is 3.57. The number of hydrogen-bond acceptors (Lipinski definition) is 0. The molecule has 1 heterocycles. The van der Waals surface area contributed by atoms with Crippen molar-refractivity contribution >= 4 is 22.6 Å². The molecule has 1 nitrogen and oxygen atoms in total. The number of rotatable bonds is 6. The molecule has 0 aliphatic rings. The van der Waals surface area contributed by atoms with Crippen LogP contribution in [-0.4, -0.2) is 4.57 Å². The van der Waals surface area contributed by atoms with Crippen molar-refractivity contribution < 1.29 is 0 Å². The Morgan fingerprint density at radius 1 is 1.08 bits per heavy atom. The maximum atomic E-state index is 4.02. The molecule has 0 unspecified atom stereocenters. The molecule has 0 saturated carbocycles. The minimum atomic E-state index is 0.978. The molecule has 2 aromatic carbocycles. The smallest absolute Gasteiger partial charge is 0.0537 e. The highest BCUT2D eigenvalue weighted by Crippen LogP contribution is 2.31. The number of aryl methyl sites for hydroxylation is 1. The van der Waals surface area contributed by atoms with Crippen molar-refractivity contribution in [1.29, 1.82) is 0 Å². The molecule has 1 heteroatoms. The van der Waals surface area contributed by atoms with Gasteiger partial charge in [-0.3, -0.25) is 0 Å². The summed E-state index contributed by atoms with van der Waals surface area (Å²) in [6.07, 6.45) is 8.62. The zero-order valence-corrected chi connectivity index (χ0v) is 15.6. The predicted molar refractivity (Wildman–Crippen MR) is 116 cm³/mol. The fraction of sp³-hybridized carbons (Fsp3) is 0.120. The van der Waals surface area contributed by atoms with Crippen LogP contribution in [0.2, 0.25) is 0 Å². The molecule has 0 spiro atoms. The molecular formula is C25H25N. The van der Waals surface area contributed by atoms with Gasteiger partial charge < -0.3 is 4.57 Å². The van der Waals surface area contributed by atoms with E-state index in [0.29, 0.717) is 0 Å². The van der Waals surface area contributed by atoms with E-state index in [1.54, 1.807) is 6.08 Å². The van der Waals surface area contributed by atoms with Gasteiger partial charge >= 0.3 is 0 Å². The summed E-state index contributed by atoms with van der Waals surface area (Å²) >= 11 is 0. The van der Waals surface area contributed by atoms with Gasteiger partial charge in [0.05, 0.1) is 5.52 Å². The van der Waals surface area contributed by atoms with E-state index in [2.05, 4.69) is 80.6 Å². The molecule has 26 heavy (non-hydrogen) atoms. The maximum Gasteiger partial charge on any atom is 0.0537 e. The number of aromatic nitrogens is 1. The number of benzene rings is 2. The van der Waals surface area contributed by atoms with E-state index in [0.717, 1.165) is 23.2 Å². The highest BCUT2D eigenvalue weighted by atomic mass is 15.0. The normalized spacial score (nSPS) is 11.5. The molecule has 0 aliphatic heterocycles. The van der Waals surface area contributed by atoms with Gasteiger partial charge in [0.25, 0.3) is 0 Å². The Morgan fingerprint density at radius 3 is 2.50 bits per heavy atom. The summed E-state index contributed by atoms with van der Waals surface area (Å²) in [5.41, 5.74) is 8.29. The number of para-hydroxylation sites is 1. The summed E-state index contributed by atoms with van der Waals surface area (Å²) in [6.45, 7) is 16.1. The third-order valence-electron chi connectivity index (χ3n) is 4.86. The van der Waals surface area contributed by atoms with Gasteiger partial charge in [0.1, 0.15) is 0 Å². The van der Waals surface area contributed by atoms with E-state index in [4.69, 9.17) is 0 Å². The number of hydrogen-bond donors (Lipinski definition) is 0. The topological polar surface area (TPSA) is 4.93 Å². The van der Waals surface area contributed by atoms with Crippen LogP contribution in [0.1, 0.15) is 29.3 Å². The Hall–Kier alpha value is -3.06. The average molecular weight is 339 g/mol. The highest BCUT2D eigenvalue weighted by Gasteiger charge is 2.14. The zero-order chi connectivity index (χ0) is 18.7. The molecule has 3 rings (SSSR count). The van der Waals surface area contributed by atoms with Crippen LogP contribution < -0.4 is 0 Å². The van der Waals surface area contributed by atoms with Crippen molar-refractivity contribution in [2.45, 2.75) is 20.3 Å². The average Bonchev–Trinajstić information content (AvgIpc) is 2.96. The molecule has 0 aliphatic carbocycles. The van der Waals surface area contributed by atoms with Crippen molar-refractivity contribution in [3.63, 3.8) is 0 Å². The first-order valence-electron chi connectivity index (χ1n) is 8.96. The second-order valence-electron chi connectivity index (χ2n) is 6.36. The molecule has 0 amide bonds. The quantitative estimate of drug-likeness (QED) is 0.430. The van der Waals surface area contributed by atoms with Gasteiger partial charge in [-0.1, -0.05) is 75.2 Å². The summed E-state index contributed by atoms with van der Waals surface area (Å²) in [7, 11) is 0. The Balaban J connectivity index is 2.34. The summed E-state index contributed by atoms with van der Waals surface area (Å²) in [5.74, 6) is 0. The predicted octanol–water partition coefficient (Wildman–Crippen LogP) is 6.90. The molecule has 130 valence electrons. The van der Waals surface area contributed by atoms with E-state index >= 15 is 0 Å². The second-order valence-corrected chi connectivity index (χ2v) is 6.36. The largest absolute Gasteiger partial charge is 0.313 e. The standard InChI is InChI=1S/C25H25N/c1-6-12-20(8-3)21-15-19(7-2)16-22(17-21)26-18(5)23(9-4)24-13-10-11-14-25(24)26/h6,8-17H,1,3-4,7H2,2,5H3/b20-12+. The molecule has 3 aromatic rings. The van der Waals surface area contributed by atoms with Crippen LogP contribution in [0.25, 0.3) is 28.2 Å². The van der Waals surface area contributed by atoms with Crippen molar-refractivity contribution in [2.75, 3.05) is 0 Å². The Labute approximate surface area is 156 Å². The van der Waals surface area contributed by atoms with E-state index in [9.17, 15) is 0 Å². The van der Waals surface area contributed by atoms with Crippen molar-refractivity contribution in [3.8, 4) is 5.69 Å². The minimum absolute atomic E-state index is 0.978. The lowest BCUT2D eigenvalue weighted by Crippen LogP contribution is -2.00. The van der Waals surface area contributed by atoms with Crippen LogP contribution >= 0.6 is 0 Å². The summed E-state index contributed by atoms with van der Waals surface area (Å²) in [4.78, 5) is 0. The van der Waals surface area contributed by atoms with Crippen LogP contribution in [0.3, 0.4) is 0 Å². The van der Waals surface area contributed by atoms with Gasteiger partial charge in [0.2, 0.25) is 0 Å². The lowest BCUT2D eigenvalue weighted by atomic mass is 10.00. The first kappa shape index (κ1) is 17.8. The van der Waals surface area contributed by atoms with E-state index in [1.165, 1.54) is 27.7 Å². The van der Waals surface area contributed by atoms with Crippen molar-refractivity contribution in [1.82, 2.24) is 4.57 Å². The van der Waals surface area contributed by atoms with Crippen LogP contribution in [0.15, 0.2) is 80.4 Å². The van der Waals surface area contributed by atoms with E-state index in [-0.39, 0.29) is 0 Å². The molecule has 0 N–H and O–H groups in total. The number of nitrogens with zero attached hydrogens (tertiary/aromatic N) is 1. The molecule has 0 radical (unpaired) electrons. The van der Waals surface area contributed by atoms with Crippen LogP contribution in [0, 0.1) is 6.92 Å². The van der Waals surface area contributed by atoms with Crippen molar-refractivity contribution in [2.24, 2.45) is 0 Å². The van der Waals surface area contributed by atoms with Gasteiger partial charge in [0, 0.05) is 22.3 Å². The van der Waals surface area contributed by atoms with Gasteiger partial charge in [-0.15, -0.1) is 0 Å². The molecular weight excluding hydrogens is 314 g/mol. The second kappa shape index (κ2) is 7.45. The lowest BCUT2D eigenvalue weighted by Gasteiger charge is -2.14. The first-order valence-corrected chi connectivity index (χ1v) is 8.96. The van der Waals surface area contributed by atoms with Crippen LogP contribution in [-0.2, 0) is 6.42 Å². The lowest BCUT2D eigenvalue weighted by molar-refractivity contribution is 1.03. The van der Waals surface area contributed by atoms with Gasteiger partial charge in [-0.2, -0.15) is 0 Å². The van der Waals surface area contributed by atoms with Crippen LogP contribution in [0.5, 0.6) is 0 Å². The zero-order valence-electron chi connectivity index (χ0n) is 15.6. The minimum Gasteiger partial charge on any atom is -0.313 e. The first-order chi connectivity index (χ1) is 12.6. The van der Waals surface area contributed by atoms with Crippen molar-refractivity contribution in [3.05, 3.63) is 103 Å². The van der Waals surface area contributed by atoms with E-state index in [1.807, 2.05) is 18.2 Å². The molecule has 0 fully saturated rings. The summed E-state index contributed by atoms with van der Waals surface area (Å²) < 4.78 is 2.32. The fourth-order valence-electron chi connectivity index (χ4n) is 3.57. The summed E-state index contributed by atoms with van der Waals surface area (Å²) in [6, 6.07) is 15.2. The molecule has 0 atom stereocenters. The maximum absolute atomic E-state index is 4.02. The molecule has 1 aromatic heterocycles. The monoisotopic (exact) mass is 339 g/mol. The Bertz CT molecular complexity index is 1030. The highest BCUT2D eigenvalue weighted by molar-refractivity contribution is 5.92. The number of fused-ring (bicyclic) bond motifs is 1. The van der Waals surface area contributed by atoms with E-state index < -0.39 is 0 Å². The Morgan fingerprint density at radius 2 is 1.85 bits per heavy atom. The molecule has 0 bridgehead atoms. The van der Waals surface area contributed by atoms with Gasteiger partial charge in [-0.25, -0.2) is 0 Å². The SMILES string of the molecule is C=C/C=C(\C=C)c1cc(CC)cc(-n2c(C)c(C=C)c3ccccc32)c1. The summed E-state index contributed by atoms with van der Waals surface area (Å²) in [5, 5.41) is 1.23.